The highest BCUT2D eigenvalue weighted by Crippen LogP contribution is 2.50. The van der Waals surface area contributed by atoms with Gasteiger partial charge in [0.15, 0.2) is 0 Å². The molecule has 21 rings (SSSR count). The molecule has 150 heavy (non-hydrogen) atoms. The highest BCUT2D eigenvalue weighted by atomic mass is 35.5. The zero-order valence-electron chi connectivity index (χ0n) is 92.1. The van der Waals surface area contributed by atoms with Crippen molar-refractivity contribution < 1.29 is 47.7 Å². The summed E-state index contributed by atoms with van der Waals surface area (Å²) in [5.74, 6) is 4.95. The van der Waals surface area contributed by atoms with Gasteiger partial charge in [0.2, 0.25) is 11.1 Å². The van der Waals surface area contributed by atoms with Gasteiger partial charge in [-0.25, -0.2) is 0 Å². The average Bonchev–Trinajstić information content (AvgIpc) is 0.761. The molecule has 23 heteroatoms. The van der Waals surface area contributed by atoms with Crippen LogP contribution in [0.5, 0.6) is 28.7 Å². The summed E-state index contributed by atoms with van der Waals surface area (Å²) < 4.78 is 10.0. The fourth-order valence-corrected chi connectivity index (χ4v) is 25.0. The summed E-state index contributed by atoms with van der Waals surface area (Å²) in [6.45, 7) is 52.6. The summed E-state index contributed by atoms with van der Waals surface area (Å²) in [5.41, 5.74) is 12.9. The number of fused-ring (bicyclic) bond motifs is 5. The zero-order chi connectivity index (χ0) is 109. The maximum Gasteiger partial charge on any atom is 0.253 e. The standard InChI is InChI=1S/C24H30N2O2.C24H32N2O.C23H28N2O2.C23H30N2O.C16H24N2O.C8H7ClO.C7H5ClO.C2H4.B2.H2/c1-18-16-25-11-12-26(23(28)13-19-7-4-3-5-8-19)17-21(25)15-24(18,2)20-9-6-10-22(27)14-20;1-19-17-26-14-13-25(12-11-20-7-4-3-5-8-20)18-22(26)16-24(19,2)21-9-6-10-23(27)15-21;1-17-15-24-11-12-25(22(27)18-7-4-3-5-8-18)16-20(24)14-23(17,2)19-9-6-10-21(26)13-19;1-18-15-25-12-11-24(16-19-7-4-3-5-8-19)17-21(25)14-23(18,2)20-9-6-10-22(26)13-20;1-12-11-18-7-6-17-10-14(18)9-16(12,2)13-4-3-5-15(19)8-13;9-8(10)6-7-4-2-1-3-5-7;8-7(9)6-4-2-1-3-5-6;2*1-2;/h3-10,14,18,21,27H,11-13,15-17H2,1-2H3;3-10,15,19,22,27H,11-14,16-18H2,1-2H3;3-10,13,17,20,26H,11-12,14-16H2,1-2H3;3-10,13,18,21,26H,11-12,14-17H2,1-2H3;3-5,8,12,14,17,19H,6-7,9-11H2,1-2H3;1-5H,6H2;1-5H;1-2H2;;1H/t18-,21+,24+;19-,22+,24+;17-,20+,23+;18-,21+,23+;12-,14+,16+;;;;;/m00000...../s1/i;;;;;;;;;1+1D. The van der Waals surface area contributed by atoms with Gasteiger partial charge in [-0.05, 0) is 241 Å². The van der Waals surface area contributed by atoms with Gasteiger partial charge in [-0.1, -0.05) is 300 Å². The molecule has 10 aliphatic heterocycles. The molecule has 4 radical (unpaired) electrons. The fourth-order valence-electron chi connectivity index (χ4n) is 24.7. The molecule has 10 heterocycles. The Hall–Kier alpha value is -11.2. The summed E-state index contributed by atoms with van der Waals surface area (Å²) in [6, 6.07) is 101. The molecule has 10 fully saturated rings. The number of carbonyl (C=O) groups excluding carboxylic acids is 4. The molecule has 0 unspecified atom stereocenters. The second-order valence-corrected chi connectivity index (χ2v) is 45.1. The molecule has 0 bridgehead atoms. The van der Waals surface area contributed by atoms with Gasteiger partial charge in [0, 0.05) is 210 Å². The Labute approximate surface area is 910 Å². The number of hydrogen-bond acceptors (Lipinski definition) is 17. The van der Waals surface area contributed by atoms with Crippen LogP contribution in [0.4, 0.5) is 0 Å². The highest BCUT2D eigenvalue weighted by Gasteiger charge is 2.51. The van der Waals surface area contributed by atoms with E-state index in [1.807, 2.05) is 168 Å². The SMILES string of the molecule is C=C.C[C@H]1CN2CCN(C(=O)Cc3ccccc3)C[C@H]2C[C@@]1(C)c1cccc(O)c1.C[C@H]1CN2CCN(C(=O)c3ccccc3)C[C@H]2C[C@@]1(C)c1cccc(O)c1.C[C@H]1CN2CCN(CCc3ccccc3)C[C@H]2C[C@@]1(C)c1cccc(O)c1.C[C@H]1CN2CCN(Cc3ccccc3)C[C@H]2C[C@@]1(C)c1cccc(O)c1.C[C@H]1CN2CCNC[C@H]2C[C@@]1(C)c1cccc(O)c1.O=C(Cl)Cc1ccccc1.O=C(Cl)c1ccccc1.[2H][2H].[B][B]. The van der Waals surface area contributed by atoms with Crippen LogP contribution in [-0.4, -0.2) is 275 Å². The van der Waals surface area contributed by atoms with Crippen molar-refractivity contribution in [3.8, 4) is 28.7 Å². The minimum atomic E-state index is -0.407. The monoisotopic (exact) mass is 2070 g/mol. The summed E-state index contributed by atoms with van der Waals surface area (Å²) in [4.78, 5) is 69.0. The number of rotatable bonds is 16. The van der Waals surface area contributed by atoms with Crippen molar-refractivity contribution in [2.75, 3.05) is 137 Å². The van der Waals surface area contributed by atoms with Gasteiger partial charge in [-0.15, -0.1) is 13.2 Å². The number of nitrogens with one attached hydrogen (secondary N) is 1. The van der Waals surface area contributed by atoms with E-state index in [9.17, 15) is 44.7 Å². The van der Waals surface area contributed by atoms with Gasteiger partial charge < -0.3 is 45.5 Å². The van der Waals surface area contributed by atoms with Crippen LogP contribution in [0.15, 0.2) is 316 Å². The number of piperidine rings is 5. The molecule has 10 saturated heterocycles. The predicted molar refractivity (Wildman–Crippen MR) is 616 cm³/mol. The van der Waals surface area contributed by atoms with Crippen LogP contribution in [0.25, 0.3) is 0 Å². The Kier molecular flexibility index (Phi) is 41.9. The van der Waals surface area contributed by atoms with Crippen LogP contribution >= 0.6 is 23.2 Å². The van der Waals surface area contributed by atoms with Crippen molar-refractivity contribution >= 4 is 61.0 Å². The molecule has 0 aromatic heterocycles. The number of aromatic hydroxyl groups is 5. The minimum absolute atomic E-state index is 0.00128. The first kappa shape index (κ1) is 114. The molecule has 10 aliphatic rings. The van der Waals surface area contributed by atoms with E-state index in [0.717, 1.165) is 160 Å². The molecule has 2 amide bonds. The third-order valence-corrected chi connectivity index (χ3v) is 35.1. The quantitative estimate of drug-likeness (QED) is 0.0302. The van der Waals surface area contributed by atoms with Crippen LogP contribution in [0.1, 0.15) is 175 Å². The van der Waals surface area contributed by atoms with Crippen LogP contribution in [-0.2, 0) is 62.5 Å². The van der Waals surface area contributed by atoms with E-state index in [2.05, 4.69) is 228 Å². The first-order valence-corrected chi connectivity index (χ1v) is 54.8. The maximum absolute atomic E-state index is 12.9. The normalized spacial score (nSPS) is 26.7. The number of phenols is 5. The minimum Gasteiger partial charge on any atom is -0.508 e. The largest absolute Gasteiger partial charge is 0.508 e. The van der Waals surface area contributed by atoms with Gasteiger partial charge in [0.25, 0.3) is 11.1 Å². The molecule has 19 nitrogen and oxygen atoms in total. The van der Waals surface area contributed by atoms with Crippen molar-refractivity contribution in [2.45, 2.75) is 184 Å². The lowest BCUT2D eigenvalue weighted by Crippen LogP contribution is -2.62. The molecule has 15 atom stereocenters. The molecule has 0 saturated carbocycles. The van der Waals surface area contributed by atoms with Crippen LogP contribution in [0.2, 0.25) is 0 Å². The first-order chi connectivity index (χ1) is 73.2. The zero-order valence-corrected chi connectivity index (χ0v) is 91.6. The first-order valence-electron chi connectivity index (χ1n) is 55.1. The van der Waals surface area contributed by atoms with E-state index in [1.54, 1.807) is 54.6 Å². The van der Waals surface area contributed by atoms with E-state index in [0.29, 0.717) is 107 Å². The van der Waals surface area contributed by atoms with E-state index < -0.39 is 5.24 Å². The maximum atomic E-state index is 12.9. The molecular weight excluding hydrogens is 1900 g/mol. The second kappa shape index (κ2) is 54.9. The van der Waals surface area contributed by atoms with Gasteiger partial charge in [-0.3, -0.25) is 48.6 Å². The summed E-state index contributed by atoms with van der Waals surface area (Å²) in [7, 11) is 8.00. The summed E-state index contributed by atoms with van der Waals surface area (Å²) in [5, 5.41) is 52.4. The molecular formula is C127H162B2Cl2N10O9. The van der Waals surface area contributed by atoms with E-state index >= 15 is 0 Å². The number of carbonyl (C=O) groups is 4. The summed E-state index contributed by atoms with van der Waals surface area (Å²) in [6.07, 6.45) is 7.43. The molecule has 11 aromatic carbocycles. The number of benzene rings is 11. The average molecular weight is 2070 g/mol. The number of nitrogens with zero attached hydrogens (tertiary/aromatic N) is 9. The Morgan fingerprint density at radius 1 is 0.340 bits per heavy atom. The molecule has 0 spiro atoms. The highest BCUT2D eigenvalue weighted by molar-refractivity contribution is 6.75. The predicted octanol–water partition coefficient (Wildman–Crippen LogP) is 21.1. The number of phenolic OH excluding ortho intramolecular Hbond substituents is 5. The smallest absolute Gasteiger partial charge is 0.253 e. The molecule has 6 N–H and O–H groups in total. The molecule has 794 valence electrons. The third kappa shape index (κ3) is 30.5. The van der Waals surface area contributed by atoms with Crippen LogP contribution in [0, 0.1) is 29.6 Å². The van der Waals surface area contributed by atoms with Crippen molar-refractivity contribution in [2.24, 2.45) is 29.6 Å². The van der Waals surface area contributed by atoms with E-state index in [1.165, 1.54) is 78.0 Å². The van der Waals surface area contributed by atoms with Crippen molar-refractivity contribution in [3.05, 3.63) is 378 Å². The van der Waals surface area contributed by atoms with Gasteiger partial charge in [0.1, 0.15) is 28.7 Å². The Bertz CT molecular complexity index is 6080. The lowest BCUT2D eigenvalue weighted by Gasteiger charge is -2.53. The number of halogens is 2. The van der Waals surface area contributed by atoms with Crippen LogP contribution in [0.3, 0.4) is 0 Å². The van der Waals surface area contributed by atoms with E-state index in [-0.39, 0.29) is 44.1 Å². The van der Waals surface area contributed by atoms with Gasteiger partial charge in [0.05, 0.1) is 6.42 Å². The molecule has 0 aliphatic carbocycles. The van der Waals surface area contributed by atoms with E-state index in [4.69, 9.17) is 26.2 Å². The van der Waals surface area contributed by atoms with Crippen molar-refractivity contribution in [1.82, 2.24) is 49.4 Å². The number of amides is 2. The lowest BCUT2D eigenvalue weighted by atomic mass is 9.65. The van der Waals surface area contributed by atoms with Gasteiger partial charge in [-0.2, -0.15) is 0 Å². The number of hydrogen-bond donors (Lipinski definition) is 6. The topological polar surface area (TPSA) is 211 Å². The Balaban J connectivity index is 0.000000159. The third-order valence-electron chi connectivity index (χ3n) is 34.7. The van der Waals surface area contributed by atoms with Gasteiger partial charge >= 0.3 is 0 Å². The summed E-state index contributed by atoms with van der Waals surface area (Å²) >= 11 is 10.3. The van der Waals surface area contributed by atoms with Crippen molar-refractivity contribution in [1.29, 1.82) is 0 Å². The van der Waals surface area contributed by atoms with Crippen LogP contribution < -0.4 is 5.32 Å². The van der Waals surface area contributed by atoms with Crippen molar-refractivity contribution in [3.63, 3.8) is 0 Å². The second-order valence-electron chi connectivity index (χ2n) is 44.3. The number of piperazine rings is 5. The Morgan fingerprint density at radius 2 is 0.633 bits per heavy atom. The Morgan fingerprint density at radius 3 is 0.987 bits per heavy atom. The fraction of sp³-hybridized carbons (Fsp3) is 0.433. The lowest BCUT2D eigenvalue weighted by molar-refractivity contribution is -0.135. The molecule has 11 aromatic rings.